The molecule has 50 heteroatoms. The summed E-state index contributed by atoms with van der Waals surface area (Å²) in [5.41, 5.74) is 9.73. The average Bonchev–Trinajstić information content (AvgIpc) is 1.52. The van der Waals surface area contributed by atoms with Gasteiger partial charge in [0.1, 0.15) is 62.2 Å². The van der Waals surface area contributed by atoms with Gasteiger partial charge in [0, 0.05) is 85.2 Å². The van der Waals surface area contributed by atoms with Gasteiger partial charge in [-0.05, 0) is 287 Å². The molecule has 0 spiro atoms. The minimum absolute atomic E-state index is 0.0997. The number of carboxylic acid groups (broad SMARTS) is 3. The molecule has 146 heavy (non-hydrogen) atoms. The van der Waals surface area contributed by atoms with E-state index in [1.54, 1.807) is 104 Å². The monoisotopic (exact) mass is 2540 g/mol. The number of hydrogen-bond acceptors (Lipinski definition) is 30. The lowest BCUT2D eigenvalue weighted by Gasteiger charge is -2.09. The van der Waals surface area contributed by atoms with E-state index in [0.29, 0.717) is 55.4 Å². The van der Waals surface area contributed by atoms with Gasteiger partial charge in [-0.2, -0.15) is 18.4 Å². The van der Waals surface area contributed by atoms with E-state index >= 15 is 0 Å². The molecule has 17 rings (SSSR count). The van der Waals surface area contributed by atoms with Gasteiger partial charge in [0.2, 0.25) is 22.8 Å². The normalized spacial score (nSPS) is 10.5. The van der Waals surface area contributed by atoms with Crippen LogP contribution >= 0.6 is 182 Å². The minimum Gasteiger partial charge on any atom is -0.497 e. The molecule has 0 bridgehead atoms. The molecule has 10 aromatic heterocycles. The number of H-pyrrole nitrogens is 2. The van der Waals surface area contributed by atoms with E-state index in [1.165, 1.54) is 35.3 Å². The largest absolute Gasteiger partial charge is 0.497 e. The summed E-state index contributed by atoms with van der Waals surface area (Å²) in [7, 11) is 3.49. The molecule has 752 valence electrons. The topological polar surface area (TPSA) is 447 Å². The van der Waals surface area contributed by atoms with Crippen molar-refractivity contribution in [3.05, 3.63) is 360 Å². The zero-order valence-corrected chi connectivity index (χ0v) is 92.3. The molecule has 10 heterocycles. The number of aromatic amines is 2. The Morgan fingerprint density at radius 3 is 1.00 bits per heavy atom. The van der Waals surface area contributed by atoms with Gasteiger partial charge in [-0.25, -0.2) is 62.9 Å². The highest BCUT2D eigenvalue weighted by molar-refractivity contribution is 9.11. The number of hydrogen-bond donors (Lipinski definition) is 7. The van der Waals surface area contributed by atoms with Crippen molar-refractivity contribution in [1.82, 2.24) is 90.3 Å². The average molecular weight is 2550 g/mol. The highest BCUT2D eigenvalue weighted by atomic mass is 79.9. The summed E-state index contributed by atoms with van der Waals surface area (Å²) < 4.78 is 70.1. The molecular formula is C96H78BBr7ClF3N18O15S5. The van der Waals surface area contributed by atoms with Crippen LogP contribution in [0.5, 0.6) is 17.2 Å². The Hall–Kier alpha value is -12.2. The lowest BCUT2D eigenvalue weighted by molar-refractivity contribution is -0.192. The van der Waals surface area contributed by atoms with Crippen LogP contribution in [0.25, 0.3) is 33.4 Å². The van der Waals surface area contributed by atoms with Crippen LogP contribution in [0.15, 0.2) is 351 Å². The SMILES string of the molecule is CCOC(=O)c1nnn(Cc2ccc(OC)cc2)c1Sc1ccc(-c2ccc(Br)cc2)cn1.CCOC(=O)c1nnn(Cc2ccc(OC)cc2)c1Sc1ccc(Br)cn1.COc1ccc(Cn2nnc(C(=O)O)c2Sc2ccc(-c3ccc(Br)cc3)cn2)cc1.Clc1ccc(Br)cn1.O=C(O)C(F)(F)F.O=C(O)c1n[nH]nc1Sc1ccc(-c2ccc(Br)cc2)cn1.OB(O)c1ccc(Br)cc1.S=c1ccc(Br)c[nH]1. The van der Waals surface area contributed by atoms with E-state index in [1.807, 2.05) is 225 Å². The van der Waals surface area contributed by atoms with E-state index < -0.39 is 43.1 Å². The van der Waals surface area contributed by atoms with E-state index in [-0.39, 0.29) is 41.0 Å². The van der Waals surface area contributed by atoms with Crippen molar-refractivity contribution < 1.29 is 86.2 Å². The highest BCUT2D eigenvalue weighted by Crippen LogP contribution is 2.37. The van der Waals surface area contributed by atoms with Crippen molar-refractivity contribution in [2.45, 2.75) is 79.9 Å². The number of nitrogens with one attached hydrogen (secondary N) is 2. The van der Waals surface area contributed by atoms with Crippen molar-refractivity contribution in [3.63, 3.8) is 0 Å². The van der Waals surface area contributed by atoms with Crippen LogP contribution in [0.1, 0.15) is 72.5 Å². The number of carboxylic acids is 3. The first kappa shape index (κ1) is 116. The molecule has 0 unspecified atom stereocenters. The number of nitrogens with zero attached hydrogens (tertiary/aromatic N) is 16. The number of ether oxygens (including phenoxy) is 5. The van der Waals surface area contributed by atoms with Crippen LogP contribution in [0, 0.1) is 4.64 Å². The van der Waals surface area contributed by atoms with Crippen molar-refractivity contribution in [2.24, 2.45) is 0 Å². The highest BCUT2D eigenvalue weighted by Gasteiger charge is 2.38. The number of carbonyl (C=O) groups excluding carboxylic acids is 2. The second-order valence-corrected chi connectivity index (χ2v) is 39.8. The maximum Gasteiger partial charge on any atom is 0.490 e. The number of aliphatic carboxylic acids is 1. The maximum absolute atomic E-state index is 12.5. The number of alkyl halides is 3. The molecule has 0 aliphatic heterocycles. The first-order valence-electron chi connectivity index (χ1n) is 42.0. The fraction of sp³-hybridized carbons (Fsp3) is 0.115. The zero-order valence-electron chi connectivity index (χ0n) is 76.3. The second kappa shape index (κ2) is 59.0. The van der Waals surface area contributed by atoms with E-state index in [9.17, 15) is 37.5 Å². The number of methoxy groups -OCH3 is 3. The third-order valence-electron chi connectivity index (χ3n) is 18.5. The predicted octanol–water partition coefficient (Wildman–Crippen LogP) is 23.6. The Morgan fingerprint density at radius 1 is 0.397 bits per heavy atom. The quantitative estimate of drug-likeness (QED) is 0.0109. The minimum atomic E-state index is -5.08. The van der Waals surface area contributed by atoms with Crippen molar-refractivity contribution in [1.29, 1.82) is 0 Å². The van der Waals surface area contributed by atoms with E-state index in [0.717, 1.165) is 125 Å². The smallest absolute Gasteiger partial charge is 0.490 e. The van der Waals surface area contributed by atoms with Crippen LogP contribution in [-0.4, -0.2) is 193 Å². The number of halogens is 11. The number of pyridine rings is 6. The Labute approximate surface area is 917 Å². The summed E-state index contributed by atoms with van der Waals surface area (Å²) in [5.74, 6) is -3.72. The van der Waals surface area contributed by atoms with Gasteiger partial charge in [0.05, 0.1) is 54.2 Å². The van der Waals surface area contributed by atoms with Gasteiger partial charge in [0.25, 0.3) is 0 Å². The molecule has 0 saturated heterocycles. The third-order valence-corrected chi connectivity index (χ3v) is 26.6. The second-order valence-electron chi connectivity index (χ2n) is 28.6. The van der Waals surface area contributed by atoms with Crippen molar-refractivity contribution in [2.75, 3.05) is 34.5 Å². The lowest BCUT2D eigenvalue weighted by Crippen LogP contribution is -2.29. The molecule has 0 saturated carbocycles. The predicted molar refractivity (Wildman–Crippen MR) is 573 cm³/mol. The Kier molecular flexibility index (Phi) is 46.7. The number of esters is 2. The molecule has 0 atom stereocenters. The summed E-state index contributed by atoms with van der Waals surface area (Å²) in [4.78, 5) is 80.7. The number of rotatable bonds is 27. The molecular weight excluding hydrogens is 2470 g/mol. The van der Waals surface area contributed by atoms with E-state index in [2.05, 4.69) is 188 Å². The van der Waals surface area contributed by atoms with Crippen LogP contribution in [0.3, 0.4) is 0 Å². The molecule has 0 amide bonds. The molecule has 7 N–H and O–H groups in total. The Balaban J connectivity index is 0.000000181. The molecule has 0 aliphatic carbocycles. The van der Waals surface area contributed by atoms with Crippen LogP contribution in [-0.2, 0) is 33.9 Å². The molecule has 0 aliphatic rings. The zero-order chi connectivity index (χ0) is 105. The van der Waals surface area contributed by atoms with Gasteiger partial charge < -0.3 is 54.0 Å². The molecule has 33 nitrogen and oxygen atoms in total. The summed E-state index contributed by atoms with van der Waals surface area (Å²) >= 11 is 38.7. The summed E-state index contributed by atoms with van der Waals surface area (Å²) in [6, 6.07) is 76.1. The molecule has 0 radical (unpaired) electrons. The summed E-state index contributed by atoms with van der Waals surface area (Å²) in [5, 5.41) is 82.2. The fourth-order valence-corrected chi connectivity index (χ4v) is 16.8. The Bertz CT molecular complexity index is 7120. The standard InChI is InChI=1S/C24H21BrN4O3S.C22H17BrN4O3S.C18H17BrN4O3S.C14H9BrN4O2S.C6H6BBrO2.C5H3BrClN.C5H4BrNS.C2HF3O2/c1-3-32-24(30)22-23(29(28-27-22)15-16-4-11-20(31-2)12-5-16)33-21-13-8-18(14-26-21)17-6-9-19(25)10-7-17;1-30-18-9-2-14(3-10-18)13-27-21(20(22(28)29)25-26-27)31-19-11-6-16(12-24-19)15-4-7-17(23)8-5-15;1-3-26-18(24)16-17(27-15-9-6-13(19)10-20-15)23(22-21-16)11-12-4-7-14(25-2)8-5-12;15-10-4-1-8(2-5-10)9-3-6-11(16-7-9)22-13-12(14(20)21)17-19-18-13;8-6-3-1-5(2-4-6)7(9)10;6-4-1-2-5(7)8-3-4;6-4-1-2-5(8)7-3-4;3-2(4,5)1(6)7/h4-14H,3,15H2,1-2H3;2-12H,13H2,1H3,(H,28,29);4-10H,3,11H2,1-2H3;1-7H,(H,20,21)(H,17,18,19);1-4,9-10H;1-3H;1-3H,(H,7,8);(H,6,7). The van der Waals surface area contributed by atoms with Gasteiger partial charge in [-0.1, -0.05) is 206 Å². The first-order valence-corrected chi connectivity index (χ1v) is 51.6. The van der Waals surface area contributed by atoms with Crippen LogP contribution in [0.2, 0.25) is 5.15 Å². The van der Waals surface area contributed by atoms with Crippen molar-refractivity contribution >= 4 is 225 Å². The fourth-order valence-electron chi connectivity index (χ4n) is 11.4. The van der Waals surface area contributed by atoms with Gasteiger partial charge in [-0.3, -0.25) is 0 Å². The number of aromatic nitrogens is 18. The van der Waals surface area contributed by atoms with Gasteiger partial charge >= 0.3 is 43.1 Å². The Morgan fingerprint density at radius 2 is 0.712 bits per heavy atom. The molecule has 17 aromatic rings. The summed E-state index contributed by atoms with van der Waals surface area (Å²) in [6.07, 6.45) is 5.40. The number of benzene rings is 7. The third kappa shape index (κ3) is 37.6. The number of carbonyl (C=O) groups is 5. The van der Waals surface area contributed by atoms with Crippen molar-refractivity contribution in [3.8, 4) is 50.6 Å². The molecule has 7 aromatic carbocycles. The maximum atomic E-state index is 12.5. The lowest BCUT2D eigenvalue weighted by atomic mass is 9.81. The van der Waals surface area contributed by atoms with Crippen LogP contribution in [0.4, 0.5) is 13.2 Å². The number of aromatic carboxylic acids is 2. The van der Waals surface area contributed by atoms with E-state index in [4.69, 9.17) is 72.6 Å². The first-order chi connectivity index (χ1) is 70.0. The molecule has 0 fully saturated rings. The van der Waals surface area contributed by atoms with Crippen LogP contribution < -0.4 is 19.7 Å². The summed E-state index contributed by atoms with van der Waals surface area (Å²) in [6.45, 7) is 5.31. The van der Waals surface area contributed by atoms with Gasteiger partial charge in [0.15, 0.2) is 5.03 Å². The van der Waals surface area contributed by atoms with Gasteiger partial charge in [-0.15, -0.1) is 25.5 Å².